The van der Waals surface area contributed by atoms with Crippen molar-refractivity contribution >= 4 is 23.4 Å². The van der Waals surface area contributed by atoms with E-state index in [1.807, 2.05) is 28.9 Å². The Hall–Kier alpha value is -1.87. The summed E-state index contributed by atoms with van der Waals surface area (Å²) in [5, 5.41) is 0.677. The molecule has 9 heteroatoms. The maximum absolute atomic E-state index is 13.2. The summed E-state index contributed by atoms with van der Waals surface area (Å²) in [4.78, 5) is 32.2. The van der Waals surface area contributed by atoms with Gasteiger partial charge in [-0.3, -0.25) is 14.5 Å². The lowest BCUT2D eigenvalue weighted by Crippen LogP contribution is -2.59. The molecular weight excluding hydrogens is 458 g/mol. The summed E-state index contributed by atoms with van der Waals surface area (Å²) >= 11 is 6.16. The number of aryl methyl sites for hydroxylation is 1. The number of hydrogen-bond acceptors (Lipinski definition) is 6. The van der Waals surface area contributed by atoms with E-state index in [-0.39, 0.29) is 24.8 Å². The van der Waals surface area contributed by atoms with Gasteiger partial charge in [0.15, 0.2) is 0 Å². The number of hydrogen-bond donors (Lipinski definition) is 0. The van der Waals surface area contributed by atoms with Crippen LogP contribution in [0.2, 0.25) is 5.02 Å². The third kappa shape index (κ3) is 6.62. The molecule has 0 aliphatic carbocycles. The van der Waals surface area contributed by atoms with Gasteiger partial charge in [0.05, 0.1) is 39.3 Å². The van der Waals surface area contributed by atoms with Gasteiger partial charge in [-0.05, 0) is 49.9 Å². The van der Waals surface area contributed by atoms with Gasteiger partial charge in [-0.2, -0.15) is 0 Å². The summed E-state index contributed by atoms with van der Waals surface area (Å²) in [5.74, 6) is 0.799. The van der Waals surface area contributed by atoms with Gasteiger partial charge in [0.1, 0.15) is 18.0 Å². The summed E-state index contributed by atoms with van der Waals surface area (Å²) in [6, 6.07) is 5.50. The van der Waals surface area contributed by atoms with Crippen molar-refractivity contribution in [3.05, 3.63) is 28.8 Å². The highest BCUT2D eigenvalue weighted by Crippen LogP contribution is 2.28. The van der Waals surface area contributed by atoms with Gasteiger partial charge in [-0.15, -0.1) is 0 Å². The molecule has 0 N–H and O–H groups in total. The Morgan fingerprint density at radius 2 is 1.76 bits per heavy atom. The zero-order valence-electron chi connectivity index (χ0n) is 20.1. The second kappa shape index (κ2) is 11.7. The van der Waals surface area contributed by atoms with Crippen molar-refractivity contribution in [3.63, 3.8) is 0 Å². The topological polar surface area (TPSA) is 71.6 Å². The van der Waals surface area contributed by atoms with Crippen LogP contribution in [-0.4, -0.2) is 104 Å². The summed E-state index contributed by atoms with van der Waals surface area (Å²) in [5.41, 5.74) is 0.0329. The van der Waals surface area contributed by atoms with Gasteiger partial charge in [-0.25, -0.2) is 0 Å². The molecule has 3 fully saturated rings. The second-order valence-corrected chi connectivity index (χ2v) is 9.96. The van der Waals surface area contributed by atoms with E-state index in [9.17, 15) is 9.59 Å². The van der Waals surface area contributed by atoms with Gasteiger partial charge in [0.25, 0.3) is 0 Å². The van der Waals surface area contributed by atoms with E-state index in [2.05, 4.69) is 4.90 Å². The molecule has 3 heterocycles. The zero-order chi connectivity index (χ0) is 24.0. The van der Waals surface area contributed by atoms with Gasteiger partial charge in [0, 0.05) is 37.7 Å². The third-order valence-corrected chi connectivity index (χ3v) is 7.30. The Balaban J connectivity index is 1.46. The van der Waals surface area contributed by atoms with Crippen LogP contribution < -0.4 is 4.74 Å². The zero-order valence-corrected chi connectivity index (χ0v) is 20.9. The van der Waals surface area contributed by atoms with E-state index >= 15 is 0 Å². The first-order valence-electron chi connectivity index (χ1n) is 12.3. The molecule has 0 aromatic heterocycles. The van der Waals surface area contributed by atoms with Crippen LogP contribution in [0.25, 0.3) is 0 Å². The number of amides is 2. The van der Waals surface area contributed by atoms with Crippen LogP contribution in [0.15, 0.2) is 18.2 Å². The van der Waals surface area contributed by atoms with Crippen LogP contribution in [0.1, 0.15) is 31.2 Å². The number of rotatable bonds is 7. The fraction of sp³-hybridized carbons (Fsp3) is 0.680. The van der Waals surface area contributed by atoms with Crippen molar-refractivity contribution < 1.29 is 23.8 Å². The SMILES string of the molecule is Cc1cc(OC[C@@]2(CC(=O)N3CCCCC3)CN(C(=O)CN3CCOCC3)CCO2)ccc1Cl. The van der Waals surface area contributed by atoms with Gasteiger partial charge >= 0.3 is 0 Å². The Bertz CT molecular complexity index is 857. The predicted octanol–water partition coefficient (Wildman–Crippen LogP) is 2.36. The molecule has 4 rings (SSSR count). The molecule has 0 saturated carbocycles. The first-order valence-corrected chi connectivity index (χ1v) is 12.7. The number of carbonyl (C=O) groups is 2. The van der Waals surface area contributed by atoms with E-state index in [1.54, 1.807) is 6.07 Å². The number of ether oxygens (including phenoxy) is 3. The summed E-state index contributed by atoms with van der Waals surface area (Å²) in [6.07, 6.45) is 3.42. The largest absolute Gasteiger partial charge is 0.490 e. The van der Waals surface area contributed by atoms with Crippen LogP contribution in [0.5, 0.6) is 5.75 Å². The fourth-order valence-electron chi connectivity index (χ4n) is 4.81. The van der Waals surface area contributed by atoms with Gasteiger partial charge < -0.3 is 24.0 Å². The highest BCUT2D eigenvalue weighted by atomic mass is 35.5. The van der Waals surface area contributed by atoms with E-state index in [0.29, 0.717) is 50.2 Å². The van der Waals surface area contributed by atoms with Gasteiger partial charge in [-0.1, -0.05) is 11.6 Å². The number of nitrogens with zero attached hydrogens (tertiary/aromatic N) is 3. The minimum Gasteiger partial charge on any atom is -0.490 e. The van der Waals surface area contributed by atoms with Crippen molar-refractivity contribution in [2.45, 2.75) is 38.2 Å². The summed E-state index contributed by atoms with van der Waals surface area (Å²) < 4.78 is 17.8. The Labute approximate surface area is 207 Å². The lowest BCUT2D eigenvalue weighted by atomic mass is 9.96. The first kappa shape index (κ1) is 25.2. The Morgan fingerprint density at radius 3 is 2.50 bits per heavy atom. The van der Waals surface area contributed by atoms with Crippen LogP contribution >= 0.6 is 11.6 Å². The number of likely N-dealkylation sites (tertiary alicyclic amines) is 1. The standard InChI is InChI=1S/C25H36ClN3O5/c1-20-15-21(5-6-22(20)26)33-19-25(16-23(30)28-7-3-2-4-8-28)18-29(11-14-34-25)24(31)17-27-9-12-32-13-10-27/h5-6,15H,2-4,7-14,16-19H2,1H3/t25-/m1/s1. The lowest BCUT2D eigenvalue weighted by Gasteiger charge is -2.43. The first-order chi connectivity index (χ1) is 16.4. The minimum absolute atomic E-state index is 0.0577. The van der Waals surface area contributed by atoms with Crippen molar-refractivity contribution in [3.8, 4) is 5.75 Å². The molecule has 0 spiro atoms. The van der Waals surface area contributed by atoms with E-state index in [0.717, 1.165) is 51.0 Å². The molecule has 1 atom stereocenters. The lowest BCUT2D eigenvalue weighted by molar-refractivity contribution is -0.167. The molecule has 3 saturated heterocycles. The van der Waals surface area contributed by atoms with Crippen molar-refractivity contribution in [2.75, 3.05) is 72.2 Å². The molecule has 188 valence electrons. The third-order valence-electron chi connectivity index (χ3n) is 6.88. The van der Waals surface area contributed by atoms with Crippen LogP contribution in [-0.2, 0) is 19.1 Å². The number of halogens is 1. The molecule has 1 aromatic carbocycles. The summed E-state index contributed by atoms with van der Waals surface area (Å²) in [6.45, 7) is 8.09. The maximum atomic E-state index is 13.2. The molecule has 0 bridgehead atoms. The van der Waals surface area contributed by atoms with Crippen molar-refractivity contribution in [2.24, 2.45) is 0 Å². The smallest absolute Gasteiger partial charge is 0.236 e. The van der Waals surface area contributed by atoms with E-state index in [1.165, 1.54) is 0 Å². The molecule has 3 aliphatic rings. The Morgan fingerprint density at radius 1 is 1.00 bits per heavy atom. The molecule has 1 aromatic rings. The van der Waals surface area contributed by atoms with Crippen LogP contribution in [0.3, 0.4) is 0 Å². The average Bonchev–Trinajstić information content (AvgIpc) is 2.86. The number of piperidine rings is 1. The van der Waals surface area contributed by atoms with E-state index in [4.69, 9.17) is 25.8 Å². The molecule has 8 nitrogen and oxygen atoms in total. The molecule has 2 amide bonds. The van der Waals surface area contributed by atoms with Gasteiger partial charge in [0.2, 0.25) is 11.8 Å². The molecule has 3 aliphatic heterocycles. The van der Waals surface area contributed by atoms with Crippen molar-refractivity contribution in [1.29, 1.82) is 0 Å². The second-order valence-electron chi connectivity index (χ2n) is 9.55. The highest BCUT2D eigenvalue weighted by Gasteiger charge is 2.42. The quantitative estimate of drug-likeness (QED) is 0.580. The number of morpholine rings is 2. The molecule has 0 radical (unpaired) electrons. The predicted molar refractivity (Wildman–Crippen MR) is 129 cm³/mol. The highest BCUT2D eigenvalue weighted by molar-refractivity contribution is 6.31. The van der Waals surface area contributed by atoms with E-state index < -0.39 is 5.60 Å². The fourth-order valence-corrected chi connectivity index (χ4v) is 4.92. The summed E-state index contributed by atoms with van der Waals surface area (Å²) in [7, 11) is 0. The molecular formula is C25H36ClN3O5. The number of benzene rings is 1. The van der Waals surface area contributed by atoms with Crippen LogP contribution in [0, 0.1) is 6.92 Å². The average molecular weight is 494 g/mol. The number of carbonyl (C=O) groups excluding carboxylic acids is 2. The molecule has 0 unspecified atom stereocenters. The Kier molecular flexibility index (Phi) is 8.69. The molecule has 34 heavy (non-hydrogen) atoms. The monoisotopic (exact) mass is 493 g/mol. The van der Waals surface area contributed by atoms with Crippen molar-refractivity contribution in [1.82, 2.24) is 14.7 Å². The normalized spacial score (nSPS) is 24.2. The maximum Gasteiger partial charge on any atom is 0.236 e. The van der Waals surface area contributed by atoms with Crippen LogP contribution in [0.4, 0.5) is 0 Å². The minimum atomic E-state index is -0.888.